The molecule has 1 aliphatic rings. The van der Waals surface area contributed by atoms with Gasteiger partial charge < -0.3 is 33.0 Å². The fourth-order valence-corrected chi connectivity index (χ4v) is 4.69. The zero-order chi connectivity index (χ0) is 30.1. The Labute approximate surface area is 242 Å². The zero-order valence-electron chi connectivity index (χ0n) is 23.6. The minimum Gasteiger partial charge on any atom is -0.369 e. The number of primary amides is 3. The fourth-order valence-electron chi connectivity index (χ4n) is 4.58. The third-order valence-electron chi connectivity index (χ3n) is 6.35. The van der Waals surface area contributed by atoms with Crippen molar-refractivity contribution in [3.63, 3.8) is 0 Å². The normalized spacial score (nSPS) is 18.3. The van der Waals surface area contributed by atoms with Crippen LogP contribution >= 0.6 is 12.2 Å². The lowest BCUT2D eigenvalue weighted by Crippen LogP contribution is -2.54. The van der Waals surface area contributed by atoms with Crippen LogP contribution < -0.4 is 28.3 Å². The van der Waals surface area contributed by atoms with Gasteiger partial charge in [0.15, 0.2) is 0 Å². The van der Waals surface area contributed by atoms with Crippen molar-refractivity contribution in [2.75, 3.05) is 84.4 Å². The molecule has 1 aliphatic heterocycles. The molecule has 13 nitrogen and oxygen atoms in total. The van der Waals surface area contributed by atoms with Crippen LogP contribution in [-0.2, 0) is 25.6 Å². The molecule has 40 heavy (non-hydrogen) atoms. The van der Waals surface area contributed by atoms with Crippen LogP contribution in [-0.4, -0.2) is 134 Å². The summed E-state index contributed by atoms with van der Waals surface area (Å²) < 4.78 is 0. The van der Waals surface area contributed by atoms with Crippen LogP contribution in [0.3, 0.4) is 0 Å². The first-order valence-electron chi connectivity index (χ1n) is 13.2. The number of amides is 3. The van der Waals surface area contributed by atoms with Gasteiger partial charge in [0, 0.05) is 57.5 Å². The number of hydrogen-bond acceptors (Lipinski definition) is 10. The van der Waals surface area contributed by atoms with Crippen molar-refractivity contribution < 1.29 is 19.2 Å². The van der Waals surface area contributed by atoms with E-state index in [4.69, 9.17) is 29.4 Å². The highest BCUT2D eigenvalue weighted by molar-refractivity contribution is 7.80. The lowest BCUT2D eigenvalue weighted by Gasteiger charge is -2.38. The van der Waals surface area contributed by atoms with Gasteiger partial charge >= 0.3 is 0 Å². The third-order valence-corrected chi connectivity index (χ3v) is 6.45. The van der Waals surface area contributed by atoms with E-state index in [1.54, 1.807) is 0 Å². The molecule has 0 aromatic heterocycles. The second-order valence-electron chi connectivity index (χ2n) is 9.58. The van der Waals surface area contributed by atoms with E-state index in [2.05, 4.69) is 11.1 Å². The molecule has 0 bridgehead atoms. The van der Waals surface area contributed by atoms with Crippen LogP contribution in [0.25, 0.3) is 0 Å². The Kier molecular flexibility index (Phi) is 16.7. The quantitative estimate of drug-likeness (QED) is 0.141. The second kappa shape index (κ2) is 19.1. The van der Waals surface area contributed by atoms with Crippen LogP contribution in [0.2, 0.25) is 0 Å². The van der Waals surface area contributed by atoms with Gasteiger partial charge in [-0.25, -0.2) is 0 Å². The van der Waals surface area contributed by atoms with E-state index in [-0.39, 0.29) is 32.2 Å². The summed E-state index contributed by atoms with van der Waals surface area (Å²) in [6.07, 6.45) is 1.45. The highest BCUT2D eigenvalue weighted by Gasteiger charge is 2.26. The number of carbonyl (C=O) groups excluding carboxylic acids is 4. The molecule has 0 saturated carbocycles. The highest BCUT2D eigenvalue weighted by atomic mass is 32.1. The number of hydrogen-bond donors (Lipinski definition) is 5. The maximum absolute atomic E-state index is 12.1. The Balaban J connectivity index is 0.00000391. The molecule has 1 aromatic carbocycles. The smallest absolute Gasteiger partial charge is 0.231 e. The number of carbonyl (C=O) groups is 4. The largest absolute Gasteiger partial charge is 0.369 e. The summed E-state index contributed by atoms with van der Waals surface area (Å²) in [5.41, 5.74) is 23.0. The molecular formula is C26H45N9O4S. The minimum absolute atomic E-state index is 0.0293. The van der Waals surface area contributed by atoms with E-state index in [1.165, 1.54) is 7.05 Å². The topological polar surface area (TPSA) is 197 Å². The van der Waals surface area contributed by atoms with Crippen molar-refractivity contribution in [3.8, 4) is 0 Å². The van der Waals surface area contributed by atoms with Gasteiger partial charge in [0.1, 0.15) is 6.29 Å². The maximum atomic E-state index is 12.1. The summed E-state index contributed by atoms with van der Waals surface area (Å²) in [6, 6.07) is 7.72. The van der Waals surface area contributed by atoms with Crippen LogP contribution in [0, 0.1) is 0 Å². The summed E-state index contributed by atoms with van der Waals surface area (Å²) in [7, 11) is 1.50. The molecule has 0 aliphatic carbocycles. The molecule has 1 unspecified atom stereocenters. The van der Waals surface area contributed by atoms with Gasteiger partial charge in [-0.05, 0) is 38.1 Å². The molecule has 2 rings (SSSR count). The zero-order valence-corrected chi connectivity index (χ0v) is 24.4. The Morgan fingerprint density at radius 3 is 1.77 bits per heavy atom. The predicted molar refractivity (Wildman–Crippen MR) is 160 cm³/mol. The first-order valence-corrected chi connectivity index (χ1v) is 13.6. The Bertz CT molecular complexity index is 964. The fraction of sp³-hybridized carbons (Fsp3) is 0.577. The molecule has 9 N–H and O–H groups in total. The SMILES string of the molecule is CC(=S)Nc1ccc(CC2CN(CC=O)CCN(CC(N)=O)CCN(CC(N)=O)CCN2CC(N)=O)cc1.CN. The number of anilines is 1. The van der Waals surface area contributed by atoms with Crippen molar-refractivity contribution in [2.45, 2.75) is 19.4 Å². The van der Waals surface area contributed by atoms with Crippen molar-refractivity contribution in [2.24, 2.45) is 22.9 Å². The van der Waals surface area contributed by atoms with E-state index in [0.717, 1.165) is 17.5 Å². The minimum atomic E-state index is -0.464. The second-order valence-corrected chi connectivity index (χ2v) is 10.2. The van der Waals surface area contributed by atoms with Gasteiger partial charge in [-0.15, -0.1) is 0 Å². The molecule has 1 fully saturated rings. The molecule has 224 valence electrons. The highest BCUT2D eigenvalue weighted by Crippen LogP contribution is 2.16. The number of benzene rings is 1. The van der Waals surface area contributed by atoms with Crippen molar-refractivity contribution in [1.82, 2.24) is 19.6 Å². The van der Waals surface area contributed by atoms with E-state index in [9.17, 15) is 19.2 Å². The van der Waals surface area contributed by atoms with E-state index < -0.39 is 17.7 Å². The van der Waals surface area contributed by atoms with E-state index >= 15 is 0 Å². The number of nitrogens with two attached hydrogens (primary N) is 4. The van der Waals surface area contributed by atoms with Gasteiger partial charge in [0.2, 0.25) is 17.7 Å². The Morgan fingerprint density at radius 2 is 1.32 bits per heavy atom. The average Bonchev–Trinajstić information content (AvgIpc) is 2.87. The molecular weight excluding hydrogens is 534 g/mol. The number of thiocarbonyl (C=S) groups is 1. The van der Waals surface area contributed by atoms with Gasteiger partial charge in [0.25, 0.3) is 0 Å². The van der Waals surface area contributed by atoms with E-state index in [1.807, 2.05) is 50.8 Å². The van der Waals surface area contributed by atoms with Gasteiger partial charge in [-0.2, -0.15) is 0 Å². The van der Waals surface area contributed by atoms with Gasteiger partial charge in [-0.1, -0.05) is 24.4 Å². The van der Waals surface area contributed by atoms with Crippen molar-refractivity contribution in [1.29, 1.82) is 0 Å². The number of nitrogens with zero attached hydrogens (tertiary/aromatic N) is 4. The molecule has 0 spiro atoms. The standard InChI is InChI=1S/C25H40N8O4S.CH5N/c1-19(38)29-21-4-2-20(3-5-21)14-22-15-32(12-13-34)9-8-30(16-23(26)35)6-7-31(17-24(27)36)10-11-33(22)18-25(28)37;1-2/h2-5,13,22H,6-12,14-18H2,1H3,(H2,26,35)(H2,27,36)(H2,28,37)(H,29,38);2H2,1H3. The average molecular weight is 580 g/mol. The summed E-state index contributed by atoms with van der Waals surface area (Å²) in [5, 5.41) is 3.11. The first-order chi connectivity index (χ1) is 19.0. The number of nitrogens with one attached hydrogen (secondary N) is 1. The molecule has 0 radical (unpaired) electrons. The molecule has 14 heteroatoms. The van der Waals surface area contributed by atoms with E-state index in [0.29, 0.717) is 57.2 Å². The summed E-state index contributed by atoms with van der Waals surface area (Å²) in [5.74, 6) is -1.38. The van der Waals surface area contributed by atoms with Crippen molar-refractivity contribution in [3.05, 3.63) is 29.8 Å². The summed E-state index contributed by atoms with van der Waals surface area (Å²) in [6.45, 7) is 5.55. The number of aldehydes is 1. The lowest BCUT2D eigenvalue weighted by atomic mass is 10.0. The Hall–Kier alpha value is -3.01. The maximum Gasteiger partial charge on any atom is 0.231 e. The lowest BCUT2D eigenvalue weighted by molar-refractivity contribution is -0.121. The molecule has 1 saturated heterocycles. The molecule has 3 amide bonds. The van der Waals surface area contributed by atoms with Crippen LogP contribution in [0.5, 0.6) is 0 Å². The predicted octanol–water partition coefficient (Wildman–Crippen LogP) is -2.19. The van der Waals surface area contributed by atoms with Crippen LogP contribution in [0.4, 0.5) is 5.69 Å². The van der Waals surface area contributed by atoms with Crippen LogP contribution in [0.15, 0.2) is 24.3 Å². The molecule has 1 atom stereocenters. The summed E-state index contributed by atoms with van der Waals surface area (Å²) >= 11 is 5.12. The van der Waals surface area contributed by atoms with Crippen molar-refractivity contribution >= 4 is 46.9 Å². The third kappa shape index (κ3) is 14.4. The monoisotopic (exact) mass is 579 g/mol. The Morgan fingerprint density at radius 1 is 0.850 bits per heavy atom. The number of rotatable bonds is 11. The van der Waals surface area contributed by atoms with Gasteiger partial charge in [0.05, 0.1) is 31.2 Å². The first kappa shape index (κ1) is 35.0. The van der Waals surface area contributed by atoms with Gasteiger partial charge in [-0.3, -0.25) is 34.0 Å². The summed E-state index contributed by atoms with van der Waals surface area (Å²) in [4.78, 5) is 55.4. The van der Waals surface area contributed by atoms with Crippen LogP contribution in [0.1, 0.15) is 12.5 Å². The molecule has 1 aromatic rings. The molecule has 1 heterocycles.